The predicted octanol–water partition coefficient (Wildman–Crippen LogP) is 2.39. The number of thiazole rings is 1. The van der Waals surface area contributed by atoms with Gasteiger partial charge in [-0.25, -0.2) is 13.4 Å². The first-order valence-electron chi connectivity index (χ1n) is 5.56. The molecule has 1 aliphatic heterocycles. The third-order valence-corrected chi connectivity index (χ3v) is 5.64. The molecule has 1 N–H and O–H groups in total. The van der Waals surface area contributed by atoms with Gasteiger partial charge in [0.15, 0.2) is 15.0 Å². The van der Waals surface area contributed by atoms with Crippen LogP contribution in [-0.4, -0.2) is 19.2 Å². The smallest absolute Gasteiger partial charge is 0.183 e. The van der Waals surface area contributed by atoms with Gasteiger partial charge in [0, 0.05) is 5.38 Å². The van der Waals surface area contributed by atoms with Crippen molar-refractivity contribution in [3.05, 3.63) is 40.9 Å². The molecule has 1 unspecified atom stereocenters. The summed E-state index contributed by atoms with van der Waals surface area (Å²) in [6.45, 7) is 1.92. The summed E-state index contributed by atoms with van der Waals surface area (Å²) in [5, 5.41) is 5.91. The van der Waals surface area contributed by atoms with Gasteiger partial charge in [0.05, 0.1) is 22.4 Å². The summed E-state index contributed by atoms with van der Waals surface area (Å²) in [7, 11) is -3.15. The number of anilines is 1. The minimum absolute atomic E-state index is 0.102. The quantitative estimate of drug-likeness (QED) is 0.917. The fourth-order valence-electron chi connectivity index (χ4n) is 2.14. The second-order valence-electron chi connectivity index (χ2n) is 4.31. The van der Waals surface area contributed by atoms with Crippen LogP contribution in [-0.2, 0) is 9.84 Å². The van der Waals surface area contributed by atoms with Crippen LogP contribution in [0.25, 0.3) is 0 Å². The molecule has 0 amide bonds. The largest absolute Gasteiger partial charge is 0.354 e. The highest BCUT2D eigenvalue weighted by Crippen LogP contribution is 2.35. The summed E-state index contributed by atoms with van der Waals surface area (Å²) in [6, 6.07) is 6.95. The molecule has 0 fully saturated rings. The molecule has 1 aliphatic rings. The van der Waals surface area contributed by atoms with Gasteiger partial charge in [-0.05, 0) is 18.6 Å². The monoisotopic (exact) mass is 280 g/mol. The molecule has 2 aromatic rings. The van der Waals surface area contributed by atoms with Crippen molar-refractivity contribution in [2.75, 3.05) is 11.1 Å². The van der Waals surface area contributed by atoms with E-state index in [1.807, 2.05) is 24.4 Å². The lowest BCUT2D eigenvalue weighted by Crippen LogP contribution is -2.12. The SMILES string of the molecule is Cc1csc(NC2CS(=O)(=O)c3ccccc32)n1. The van der Waals surface area contributed by atoms with E-state index in [1.165, 1.54) is 11.3 Å². The maximum atomic E-state index is 12.0. The third kappa shape index (κ3) is 1.91. The first kappa shape index (κ1) is 11.7. The maximum absolute atomic E-state index is 12.0. The average molecular weight is 280 g/mol. The van der Waals surface area contributed by atoms with E-state index in [0.717, 1.165) is 16.4 Å². The number of aromatic nitrogens is 1. The Labute approximate surface area is 110 Å². The van der Waals surface area contributed by atoms with Crippen LogP contribution in [0.4, 0.5) is 5.13 Å². The Morgan fingerprint density at radius 1 is 1.39 bits per heavy atom. The zero-order valence-electron chi connectivity index (χ0n) is 9.75. The molecule has 0 saturated heterocycles. The molecule has 3 rings (SSSR count). The van der Waals surface area contributed by atoms with Crippen LogP contribution in [0, 0.1) is 6.92 Å². The summed E-state index contributed by atoms with van der Waals surface area (Å²) >= 11 is 1.49. The Kier molecular flexibility index (Phi) is 2.64. The zero-order valence-corrected chi connectivity index (χ0v) is 11.4. The van der Waals surface area contributed by atoms with Crippen molar-refractivity contribution in [3.8, 4) is 0 Å². The minimum atomic E-state index is -3.15. The highest BCUT2D eigenvalue weighted by Gasteiger charge is 2.34. The normalized spacial score (nSPS) is 20.6. The molecular formula is C12H12N2O2S2. The van der Waals surface area contributed by atoms with Crippen LogP contribution in [0.5, 0.6) is 0 Å². The number of rotatable bonds is 2. The van der Waals surface area contributed by atoms with Crippen LogP contribution < -0.4 is 5.32 Å². The van der Waals surface area contributed by atoms with Crippen LogP contribution in [0.3, 0.4) is 0 Å². The number of hydrogen-bond acceptors (Lipinski definition) is 5. The summed E-state index contributed by atoms with van der Waals surface area (Å²) in [6.07, 6.45) is 0. The predicted molar refractivity (Wildman–Crippen MR) is 71.7 cm³/mol. The van der Waals surface area contributed by atoms with Crippen LogP contribution in [0.15, 0.2) is 34.5 Å². The van der Waals surface area contributed by atoms with Gasteiger partial charge in [0.1, 0.15) is 0 Å². The molecule has 1 aromatic heterocycles. The Morgan fingerprint density at radius 2 is 2.17 bits per heavy atom. The summed E-state index contributed by atoms with van der Waals surface area (Å²) in [5.74, 6) is 0.102. The van der Waals surface area contributed by atoms with Gasteiger partial charge in [-0.3, -0.25) is 0 Å². The van der Waals surface area contributed by atoms with Crippen LogP contribution >= 0.6 is 11.3 Å². The van der Waals surface area contributed by atoms with Crippen LogP contribution in [0.1, 0.15) is 17.3 Å². The molecule has 0 spiro atoms. The molecular weight excluding hydrogens is 268 g/mol. The summed E-state index contributed by atoms with van der Waals surface area (Å²) in [5.41, 5.74) is 1.78. The molecule has 94 valence electrons. The van der Waals surface area contributed by atoms with Crippen molar-refractivity contribution in [2.24, 2.45) is 0 Å². The van der Waals surface area contributed by atoms with E-state index < -0.39 is 9.84 Å². The molecule has 0 bridgehead atoms. The summed E-state index contributed by atoms with van der Waals surface area (Å²) < 4.78 is 24.0. The molecule has 4 nitrogen and oxygen atoms in total. The van der Waals surface area contributed by atoms with E-state index in [0.29, 0.717) is 4.90 Å². The van der Waals surface area contributed by atoms with Crippen molar-refractivity contribution in [1.29, 1.82) is 0 Å². The van der Waals surface area contributed by atoms with Crippen molar-refractivity contribution in [1.82, 2.24) is 4.98 Å². The molecule has 0 saturated carbocycles. The number of sulfone groups is 1. The molecule has 2 heterocycles. The van der Waals surface area contributed by atoms with Crippen molar-refractivity contribution in [2.45, 2.75) is 17.9 Å². The zero-order chi connectivity index (χ0) is 12.8. The fourth-order valence-corrected chi connectivity index (χ4v) is 4.62. The molecule has 18 heavy (non-hydrogen) atoms. The topological polar surface area (TPSA) is 59.1 Å². The standard InChI is InChI=1S/C12H12N2O2S2/c1-8-6-17-12(13-8)14-10-7-18(15,16)11-5-3-2-4-9(10)11/h2-6,10H,7H2,1H3,(H,13,14). The lowest BCUT2D eigenvalue weighted by atomic mass is 10.1. The third-order valence-electron chi connectivity index (χ3n) is 2.93. The van der Waals surface area contributed by atoms with Gasteiger partial charge < -0.3 is 5.32 Å². The van der Waals surface area contributed by atoms with Crippen molar-refractivity contribution < 1.29 is 8.42 Å². The van der Waals surface area contributed by atoms with Gasteiger partial charge in [0.25, 0.3) is 0 Å². The molecule has 1 aromatic carbocycles. The highest BCUT2D eigenvalue weighted by atomic mass is 32.2. The average Bonchev–Trinajstić information content (AvgIpc) is 2.83. The van der Waals surface area contributed by atoms with Gasteiger partial charge in [0.2, 0.25) is 0 Å². The second kappa shape index (κ2) is 4.07. The Balaban J connectivity index is 1.97. The highest BCUT2D eigenvalue weighted by molar-refractivity contribution is 7.91. The number of hydrogen-bond donors (Lipinski definition) is 1. The maximum Gasteiger partial charge on any atom is 0.183 e. The summed E-state index contributed by atoms with van der Waals surface area (Å²) in [4.78, 5) is 4.75. The molecule has 0 aliphatic carbocycles. The van der Waals surface area contributed by atoms with Gasteiger partial charge in [-0.1, -0.05) is 18.2 Å². The lowest BCUT2D eigenvalue weighted by molar-refractivity contribution is 0.598. The Bertz CT molecular complexity index is 692. The Hall–Kier alpha value is -1.40. The number of aryl methyl sites for hydroxylation is 1. The van der Waals surface area contributed by atoms with Crippen molar-refractivity contribution in [3.63, 3.8) is 0 Å². The van der Waals surface area contributed by atoms with Gasteiger partial charge in [-0.15, -0.1) is 11.3 Å². The van der Waals surface area contributed by atoms with E-state index in [4.69, 9.17) is 0 Å². The number of nitrogens with zero attached hydrogens (tertiary/aromatic N) is 1. The Morgan fingerprint density at radius 3 is 2.89 bits per heavy atom. The number of benzene rings is 1. The molecule has 6 heteroatoms. The molecule has 0 radical (unpaired) electrons. The van der Waals surface area contributed by atoms with Gasteiger partial charge >= 0.3 is 0 Å². The number of fused-ring (bicyclic) bond motifs is 1. The minimum Gasteiger partial charge on any atom is -0.354 e. The van der Waals surface area contributed by atoms with E-state index in [-0.39, 0.29) is 11.8 Å². The number of nitrogens with one attached hydrogen (secondary N) is 1. The fraction of sp³-hybridized carbons (Fsp3) is 0.250. The first-order chi connectivity index (χ1) is 8.56. The molecule has 1 atom stereocenters. The van der Waals surface area contributed by atoms with Crippen molar-refractivity contribution >= 4 is 26.3 Å². The van der Waals surface area contributed by atoms with Crippen LogP contribution in [0.2, 0.25) is 0 Å². The van der Waals surface area contributed by atoms with Gasteiger partial charge in [-0.2, -0.15) is 0 Å². The van der Waals surface area contributed by atoms with E-state index in [9.17, 15) is 8.42 Å². The van der Waals surface area contributed by atoms with E-state index >= 15 is 0 Å². The van der Waals surface area contributed by atoms with E-state index in [1.54, 1.807) is 12.1 Å². The lowest BCUT2D eigenvalue weighted by Gasteiger charge is -2.10. The first-order valence-corrected chi connectivity index (χ1v) is 8.10. The van der Waals surface area contributed by atoms with E-state index in [2.05, 4.69) is 10.3 Å². The second-order valence-corrected chi connectivity index (χ2v) is 7.17.